The van der Waals surface area contributed by atoms with Crippen LogP contribution in [0.15, 0.2) is 52.8 Å². The second kappa shape index (κ2) is 11.6. The number of benzene rings is 1. The predicted molar refractivity (Wildman–Crippen MR) is 122 cm³/mol. The molecule has 0 amide bonds. The molecule has 1 atom stereocenters. The maximum absolute atomic E-state index is 6.03. The van der Waals surface area contributed by atoms with E-state index in [0.29, 0.717) is 11.9 Å². The van der Waals surface area contributed by atoms with Crippen molar-refractivity contribution in [2.75, 3.05) is 26.2 Å². The van der Waals surface area contributed by atoms with Crippen LogP contribution in [0.1, 0.15) is 23.3 Å². The van der Waals surface area contributed by atoms with Crippen molar-refractivity contribution in [2.45, 2.75) is 25.8 Å². The number of thiophene rings is 1. The van der Waals surface area contributed by atoms with E-state index in [0.717, 1.165) is 32.6 Å². The number of nitrogens with zero attached hydrogens (tertiary/aromatic N) is 2. The molecule has 1 saturated heterocycles. The minimum absolute atomic E-state index is 0. The average molecular weight is 484 g/mol. The highest BCUT2D eigenvalue weighted by Crippen LogP contribution is 2.20. The lowest BCUT2D eigenvalue weighted by molar-refractivity contribution is 0.172. The molecule has 3 rings (SSSR count). The largest absolute Gasteiger partial charge is 0.370 e. The standard InChI is InChI=1S/C20H28N4S.HI/c21-20(22-11-10-17-6-2-1-3-7-17)23-14-18-8-4-12-24(15-18)16-19-9-5-13-25-19;/h1-3,5-7,9,13,18H,4,8,10-12,14-16H2,(H3,21,22,23);1H. The van der Waals surface area contributed by atoms with Gasteiger partial charge >= 0.3 is 0 Å². The Labute approximate surface area is 177 Å². The number of rotatable bonds is 7. The molecule has 0 spiro atoms. The molecule has 1 fully saturated rings. The number of likely N-dealkylation sites (tertiary alicyclic amines) is 1. The second-order valence-corrected chi connectivity index (χ2v) is 7.74. The summed E-state index contributed by atoms with van der Waals surface area (Å²) >= 11 is 1.84. The molecule has 0 saturated carbocycles. The first kappa shape index (κ1) is 21.2. The van der Waals surface area contributed by atoms with E-state index in [1.807, 2.05) is 17.4 Å². The molecule has 0 bridgehead atoms. The molecule has 1 aromatic heterocycles. The molecule has 0 radical (unpaired) electrons. The van der Waals surface area contributed by atoms with Crippen molar-refractivity contribution in [3.8, 4) is 0 Å². The molecule has 1 aliphatic rings. The summed E-state index contributed by atoms with van der Waals surface area (Å²) in [4.78, 5) is 8.57. The zero-order valence-corrected chi connectivity index (χ0v) is 18.3. The van der Waals surface area contributed by atoms with Gasteiger partial charge in [0.15, 0.2) is 5.96 Å². The van der Waals surface area contributed by atoms with Gasteiger partial charge in [-0.25, -0.2) is 0 Å². The van der Waals surface area contributed by atoms with Crippen LogP contribution in [0, 0.1) is 5.92 Å². The van der Waals surface area contributed by atoms with E-state index in [4.69, 9.17) is 5.73 Å². The first-order chi connectivity index (χ1) is 12.3. The highest BCUT2D eigenvalue weighted by molar-refractivity contribution is 14.0. The van der Waals surface area contributed by atoms with Crippen LogP contribution in [0.2, 0.25) is 0 Å². The molecule has 0 aliphatic carbocycles. The Morgan fingerprint density at radius 2 is 2.08 bits per heavy atom. The van der Waals surface area contributed by atoms with Gasteiger partial charge in [-0.2, -0.15) is 0 Å². The molecule has 3 N–H and O–H groups in total. The third-order valence-corrected chi connectivity index (χ3v) is 5.51. The Hall–Kier alpha value is -1.12. The van der Waals surface area contributed by atoms with Gasteiger partial charge in [0.1, 0.15) is 0 Å². The highest BCUT2D eigenvalue weighted by Gasteiger charge is 2.19. The van der Waals surface area contributed by atoms with Crippen LogP contribution in [0.5, 0.6) is 0 Å². The summed E-state index contributed by atoms with van der Waals surface area (Å²) in [5.74, 6) is 1.19. The SMILES string of the molecule is I.NC(=NCC1CCCN(Cc2cccs2)C1)NCCc1ccccc1. The first-order valence-corrected chi connectivity index (χ1v) is 10.00. The van der Waals surface area contributed by atoms with Crippen molar-refractivity contribution >= 4 is 41.3 Å². The summed E-state index contributed by atoms with van der Waals surface area (Å²) in [6, 6.07) is 14.8. The van der Waals surface area contributed by atoms with Crippen molar-refractivity contribution in [1.82, 2.24) is 10.2 Å². The number of nitrogens with one attached hydrogen (secondary N) is 1. The van der Waals surface area contributed by atoms with Crippen molar-refractivity contribution in [3.05, 3.63) is 58.3 Å². The number of guanidine groups is 1. The topological polar surface area (TPSA) is 53.6 Å². The number of halogens is 1. The van der Waals surface area contributed by atoms with Crippen molar-refractivity contribution in [2.24, 2.45) is 16.6 Å². The Bertz CT molecular complexity index is 645. The highest BCUT2D eigenvalue weighted by atomic mass is 127. The van der Waals surface area contributed by atoms with Gasteiger partial charge in [-0.15, -0.1) is 35.3 Å². The number of aliphatic imine (C=N–C) groups is 1. The van der Waals surface area contributed by atoms with Crippen LogP contribution in [-0.4, -0.2) is 37.0 Å². The monoisotopic (exact) mass is 484 g/mol. The van der Waals surface area contributed by atoms with E-state index in [1.165, 1.54) is 29.8 Å². The fraction of sp³-hybridized carbons (Fsp3) is 0.450. The summed E-state index contributed by atoms with van der Waals surface area (Å²) in [7, 11) is 0. The zero-order valence-electron chi connectivity index (χ0n) is 15.1. The fourth-order valence-corrected chi connectivity index (χ4v) is 4.08. The number of hydrogen-bond acceptors (Lipinski definition) is 3. The molecule has 4 nitrogen and oxygen atoms in total. The average Bonchev–Trinajstić information content (AvgIpc) is 3.14. The van der Waals surface area contributed by atoms with Gasteiger partial charge in [-0.1, -0.05) is 36.4 Å². The molecule has 1 aliphatic heterocycles. The minimum atomic E-state index is 0. The normalized spacial score (nSPS) is 18.3. The smallest absolute Gasteiger partial charge is 0.188 e. The molecule has 2 aromatic rings. The molecule has 1 aromatic carbocycles. The van der Waals surface area contributed by atoms with Crippen LogP contribution in [0.25, 0.3) is 0 Å². The predicted octanol–water partition coefficient (Wildman–Crippen LogP) is 3.73. The van der Waals surface area contributed by atoms with Gasteiger partial charge in [0.2, 0.25) is 0 Å². The fourth-order valence-electron chi connectivity index (χ4n) is 3.33. The lowest BCUT2D eigenvalue weighted by Crippen LogP contribution is -2.37. The van der Waals surface area contributed by atoms with E-state index < -0.39 is 0 Å². The van der Waals surface area contributed by atoms with Crippen LogP contribution >= 0.6 is 35.3 Å². The molecule has 142 valence electrons. The number of hydrogen-bond donors (Lipinski definition) is 2. The maximum Gasteiger partial charge on any atom is 0.188 e. The van der Waals surface area contributed by atoms with Crippen LogP contribution < -0.4 is 11.1 Å². The summed E-state index contributed by atoms with van der Waals surface area (Å²) in [5.41, 5.74) is 7.35. The Morgan fingerprint density at radius 1 is 1.23 bits per heavy atom. The molecule has 1 unspecified atom stereocenters. The van der Waals surface area contributed by atoms with Gasteiger partial charge < -0.3 is 11.1 Å². The third-order valence-electron chi connectivity index (χ3n) is 4.65. The lowest BCUT2D eigenvalue weighted by atomic mass is 9.98. The van der Waals surface area contributed by atoms with Crippen molar-refractivity contribution < 1.29 is 0 Å². The first-order valence-electron chi connectivity index (χ1n) is 9.12. The summed E-state index contributed by atoms with van der Waals surface area (Å²) in [6.45, 7) is 5.05. The number of piperidine rings is 1. The van der Waals surface area contributed by atoms with Crippen LogP contribution in [-0.2, 0) is 13.0 Å². The Morgan fingerprint density at radius 3 is 2.85 bits per heavy atom. The molecule has 6 heteroatoms. The van der Waals surface area contributed by atoms with E-state index in [1.54, 1.807) is 0 Å². The summed E-state index contributed by atoms with van der Waals surface area (Å²) in [6.07, 6.45) is 3.48. The molecule has 26 heavy (non-hydrogen) atoms. The van der Waals surface area contributed by atoms with E-state index in [-0.39, 0.29) is 24.0 Å². The van der Waals surface area contributed by atoms with Gasteiger partial charge in [0, 0.05) is 31.1 Å². The number of nitrogens with two attached hydrogens (primary N) is 1. The Balaban J connectivity index is 0.00000243. The van der Waals surface area contributed by atoms with Crippen molar-refractivity contribution in [3.63, 3.8) is 0 Å². The van der Waals surface area contributed by atoms with Gasteiger partial charge in [-0.05, 0) is 48.7 Å². The third kappa shape index (κ3) is 7.25. The van der Waals surface area contributed by atoms with E-state index >= 15 is 0 Å². The van der Waals surface area contributed by atoms with Gasteiger partial charge in [0.25, 0.3) is 0 Å². The Kier molecular flexibility index (Phi) is 9.42. The lowest BCUT2D eigenvalue weighted by Gasteiger charge is -2.31. The van der Waals surface area contributed by atoms with Crippen LogP contribution in [0.4, 0.5) is 0 Å². The second-order valence-electron chi connectivity index (χ2n) is 6.71. The molecule has 2 heterocycles. The van der Waals surface area contributed by atoms with E-state index in [2.05, 4.69) is 57.0 Å². The quantitative estimate of drug-likeness (QED) is 0.358. The van der Waals surface area contributed by atoms with Gasteiger partial charge in [0.05, 0.1) is 0 Å². The van der Waals surface area contributed by atoms with Gasteiger partial charge in [-0.3, -0.25) is 9.89 Å². The molecular weight excluding hydrogens is 455 g/mol. The zero-order chi connectivity index (χ0) is 17.3. The van der Waals surface area contributed by atoms with Crippen LogP contribution in [0.3, 0.4) is 0 Å². The molecular formula is C20H29IN4S. The van der Waals surface area contributed by atoms with Crippen molar-refractivity contribution in [1.29, 1.82) is 0 Å². The van der Waals surface area contributed by atoms with E-state index in [9.17, 15) is 0 Å². The maximum atomic E-state index is 6.03. The minimum Gasteiger partial charge on any atom is -0.370 e. The summed E-state index contributed by atoms with van der Waals surface area (Å²) in [5, 5.41) is 5.39. The summed E-state index contributed by atoms with van der Waals surface area (Å²) < 4.78 is 0.